The van der Waals surface area contributed by atoms with Crippen LogP contribution in [0.5, 0.6) is 5.75 Å². The Bertz CT molecular complexity index is 884. The molecule has 0 saturated carbocycles. The monoisotopic (exact) mass is 475 g/mol. The van der Waals surface area contributed by atoms with Crippen molar-refractivity contribution in [2.75, 3.05) is 11.9 Å². The first-order chi connectivity index (χ1) is 14.4. The van der Waals surface area contributed by atoms with E-state index in [1.165, 1.54) is 6.92 Å². The highest BCUT2D eigenvalue weighted by molar-refractivity contribution is 9.10. The first-order valence-corrected chi connectivity index (χ1v) is 10.6. The molecule has 0 aromatic heterocycles. The van der Waals surface area contributed by atoms with E-state index < -0.39 is 11.8 Å². The van der Waals surface area contributed by atoms with Crippen LogP contribution in [0.3, 0.4) is 0 Å². The summed E-state index contributed by atoms with van der Waals surface area (Å²) in [4.78, 5) is 35.9. The molecule has 0 radical (unpaired) electrons. The molecule has 0 unspecified atom stereocenters. The Kier molecular flexibility index (Phi) is 9.34. The molecule has 0 aliphatic carbocycles. The lowest BCUT2D eigenvalue weighted by molar-refractivity contribution is -0.114. The fourth-order valence-electron chi connectivity index (χ4n) is 2.68. The lowest BCUT2D eigenvalue weighted by atomic mass is 10.2. The molecule has 3 N–H and O–H groups in total. The molecule has 0 heterocycles. The molecule has 7 nitrogen and oxygen atoms in total. The van der Waals surface area contributed by atoms with E-state index in [0.29, 0.717) is 29.2 Å². The van der Waals surface area contributed by atoms with Crippen molar-refractivity contribution in [2.45, 2.75) is 39.5 Å². The molecule has 0 spiro atoms. The van der Waals surface area contributed by atoms with Crippen molar-refractivity contribution in [1.82, 2.24) is 10.9 Å². The number of ether oxygens (including phenoxy) is 1. The molecule has 30 heavy (non-hydrogen) atoms. The summed E-state index contributed by atoms with van der Waals surface area (Å²) in [6.07, 6.45) is 4.28. The molecule has 2 rings (SSSR count). The van der Waals surface area contributed by atoms with Gasteiger partial charge >= 0.3 is 0 Å². The molecule has 0 saturated heterocycles. The van der Waals surface area contributed by atoms with Crippen molar-refractivity contribution in [1.29, 1.82) is 0 Å². The number of amides is 3. The highest BCUT2D eigenvalue weighted by atomic mass is 79.9. The van der Waals surface area contributed by atoms with Gasteiger partial charge < -0.3 is 10.1 Å². The predicted molar refractivity (Wildman–Crippen MR) is 119 cm³/mol. The predicted octanol–water partition coefficient (Wildman–Crippen LogP) is 4.44. The van der Waals surface area contributed by atoms with Gasteiger partial charge in [-0.15, -0.1) is 0 Å². The van der Waals surface area contributed by atoms with Gasteiger partial charge in [-0.05, 0) is 48.9 Å². The molecule has 0 aliphatic rings. The van der Waals surface area contributed by atoms with Crippen molar-refractivity contribution >= 4 is 39.3 Å². The molecule has 3 amide bonds. The number of benzene rings is 2. The van der Waals surface area contributed by atoms with Crippen LogP contribution < -0.4 is 20.9 Å². The smallest absolute Gasteiger partial charge is 0.273 e. The van der Waals surface area contributed by atoms with Gasteiger partial charge in [-0.1, -0.05) is 42.1 Å². The van der Waals surface area contributed by atoms with Gasteiger partial charge in [-0.2, -0.15) is 0 Å². The largest absolute Gasteiger partial charge is 0.493 e. The Morgan fingerprint density at radius 1 is 0.933 bits per heavy atom. The van der Waals surface area contributed by atoms with Gasteiger partial charge in [0.1, 0.15) is 5.75 Å². The molecular formula is C22H26BrN3O4. The number of anilines is 1. The van der Waals surface area contributed by atoms with Gasteiger partial charge in [-0.3, -0.25) is 25.2 Å². The standard InChI is InChI=1S/C22H26BrN3O4/c1-3-4-5-6-13-30-20-12-9-17(23)14-19(20)22(29)26-25-21(28)16-7-10-18(11-8-16)24-15(2)27/h7-12,14H,3-6,13H2,1-2H3,(H,24,27)(H,25,28)(H,26,29). The van der Waals surface area contributed by atoms with E-state index in [4.69, 9.17) is 4.74 Å². The van der Waals surface area contributed by atoms with E-state index >= 15 is 0 Å². The summed E-state index contributed by atoms with van der Waals surface area (Å²) in [5, 5.41) is 2.62. The van der Waals surface area contributed by atoms with Crippen LogP contribution >= 0.6 is 15.9 Å². The zero-order valence-electron chi connectivity index (χ0n) is 17.1. The number of hydrogen-bond acceptors (Lipinski definition) is 4. The molecular weight excluding hydrogens is 450 g/mol. The van der Waals surface area contributed by atoms with E-state index in [9.17, 15) is 14.4 Å². The second-order valence-electron chi connectivity index (χ2n) is 6.72. The average Bonchev–Trinajstić information content (AvgIpc) is 2.72. The van der Waals surface area contributed by atoms with Crippen LogP contribution in [0, 0.1) is 0 Å². The van der Waals surface area contributed by atoms with Crippen LogP contribution in [0.2, 0.25) is 0 Å². The van der Waals surface area contributed by atoms with Crippen LogP contribution in [0.4, 0.5) is 5.69 Å². The van der Waals surface area contributed by atoms with Crippen molar-refractivity contribution in [3.05, 3.63) is 58.1 Å². The molecule has 0 bridgehead atoms. The summed E-state index contributed by atoms with van der Waals surface area (Å²) in [5.41, 5.74) is 6.05. The number of nitrogens with one attached hydrogen (secondary N) is 3. The van der Waals surface area contributed by atoms with Crippen LogP contribution in [0.15, 0.2) is 46.9 Å². The number of unbranched alkanes of at least 4 members (excludes halogenated alkanes) is 3. The number of carbonyl (C=O) groups is 3. The molecule has 0 fully saturated rings. The van der Waals surface area contributed by atoms with E-state index in [1.54, 1.807) is 42.5 Å². The second-order valence-corrected chi connectivity index (χ2v) is 7.63. The second kappa shape index (κ2) is 12.0. The Morgan fingerprint density at radius 2 is 1.63 bits per heavy atom. The Balaban J connectivity index is 1.95. The van der Waals surface area contributed by atoms with Crippen LogP contribution in [-0.4, -0.2) is 24.3 Å². The normalized spacial score (nSPS) is 10.2. The minimum absolute atomic E-state index is 0.197. The van der Waals surface area contributed by atoms with Crippen molar-refractivity contribution in [2.24, 2.45) is 0 Å². The van der Waals surface area contributed by atoms with Gasteiger partial charge in [-0.25, -0.2) is 0 Å². The fraction of sp³-hybridized carbons (Fsp3) is 0.318. The van der Waals surface area contributed by atoms with E-state index in [0.717, 1.165) is 30.2 Å². The minimum atomic E-state index is -0.483. The van der Waals surface area contributed by atoms with E-state index in [1.807, 2.05) is 0 Å². The lowest BCUT2D eigenvalue weighted by Crippen LogP contribution is -2.41. The van der Waals surface area contributed by atoms with Gasteiger partial charge in [0.25, 0.3) is 11.8 Å². The topological polar surface area (TPSA) is 96.5 Å². The van der Waals surface area contributed by atoms with Crippen LogP contribution in [0.25, 0.3) is 0 Å². The third-order valence-corrected chi connectivity index (χ3v) is 4.69. The van der Waals surface area contributed by atoms with Gasteiger partial charge in [0.15, 0.2) is 0 Å². The third-order valence-electron chi connectivity index (χ3n) is 4.20. The highest BCUT2D eigenvalue weighted by Crippen LogP contribution is 2.23. The Labute approximate surface area is 184 Å². The SMILES string of the molecule is CCCCCCOc1ccc(Br)cc1C(=O)NNC(=O)c1ccc(NC(C)=O)cc1. The lowest BCUT2D eigenvalue weighted by Gasteiger charge is -2.13. The number of rotatable bonds is 9. The Hall–Kier alpha value is -2.87. The third kappa shape index (κ3) is 7.51. The molecule has 0 aliphatic heterocycles. The summed E-state index contributed by atoms with van der Waals surface area (Å²) in [6, 6.07) is 11.5. The van der Waals surface area contributed by atoms with Gasteiger partial charge in [0, 0.05) is 22.6 Å². The van der Waals surface area contributed by atoms with Crippen LogP contribution in [-0.2, 0) is 4.79 Å². The maximum Gasteiger partial charge on any atom is 0.273 e. The molecule has 2 aromatic rings. The average molecular weight is 476 g/mol. The summed E-state index contributed by atoms with van der Waals surface area (Å²) in [6.45, 7) is 4.07. The van der Waals surface area contributed by atoms with Crippen molar-refractivity contribution in [3.63, 3.8) is 0 Å². The minimum Gasteiger partial charge on any atom is -0.493 e. The summed E-state index contributed by atoms with van der Waals surface area (Å²) in [5.74, 6) is -0.698. The Morgan fingerprint density at radius 3 is 2.30 bits per heavy atom. The number of hydrogen-bond donors (Lipinski definition) is 3. The summed E-state index contributed by atoms with van der Waals surface area (Å²) < 4.78 is 6.49. The maximum atomic E-state index is 12.6. The fourth-order valence-corrected chi connectivity index (χ4v) is 3.04. The molecule has 160 valence electrons. The molecule has 2 aromatic carbocycles. The molecule has 0 atom stereocenters. The summed E-state index contributed by atoms with van der Waals surface area (Å²) in [7, 11) is 0. The first-order valence-electron chi connectivity index (χ1n) is 9.81. The van der Waals surface area contributed by atoms with Gasteiger partial charge in [0.05, 0.1) is 12.2 Å². The van der Waals surface area contributed by atoms with E-state index in [2.05, 4.69) is 39.0 Å². The quantitative estimate of drug-likeness (QED) is 0.368. The van der Waals surface area contributed by atoms with Crippen molar-refractivity contribution in [3.8, 4) is 5.75 Å². The highest BCUT2D eigenvalue weighted by Gasteiger charge is 2.15. The molecule has 8 heteroatoms. The maximum absolute atomic E-state index is 12.6. The number of hydrazine groups is 1. The first kappa shape index (κ1) is 23.4. The number of halogens is 1. The van der Waals surface area contributed by atoms with E-state index in [-0.39, 0.29) is 5.91 Å². The summed E-state index contributed by atoms with van der Waals surface area (Å²) >= 11 is 3.35. The zero-order valence-corrected chi connectivity index (χ0v) is 18.7. The zero-order chi connectivity index (χ0) is 21.9. The van der Waals surface area contributed by atoms with Gasteiger partial charge in [0.2, 0.25) is 5.91 Å². The number of carbonyl (C=O) groups excluding carboxylic acids is 3. The van der Waals surface area contributed by atoms with Crippen molar-refractivity contribution < 1.29 is 19.1 Å². The van der Waals surface area contributed by atoms with Crippen LogP contribution in [0.1, 0.15) is 60.2 Å².